The minimum absolute atomic E-state index is 0.795. The van der Waals surface area contributed by atoms with Crippen LogP contribution < -0.4 is 0 Å². The molecule has 2 nitrogen and oxygen atoms in total. The molecule has 28 heavy (non-hydrogen) atoms. The van der Waals surface area contributed by atoms with Crippen molar-refractivity contribution in [2.75, 3.05) is 14.1 Å². The highest BCUT2D eigenvalue weighted by Crippen LogP contribution is 1.79. The molecule has 0 saturated carbocycles. The van der Waals surface area contributed by atoms with Crippen molar-refractivity contribution >= 4 is 5.84 Å². The Morgan fingerprint density at radius 3 is 1.11 bits per heavy atom. The molecule has 124 valence electrons. The second-order valence-electron chi connectivity index (χ2n) is 4.18. The molecule has 0 N–H and O–H groups in total. The highest BCUT2D eigenvalue weighted by molar-refractivity contribution is 5.80. The molecule has 0 aliphatic heterocycles. The summed E-state index contributed by atoms with van der Waals surface area (Å²) >= 11 is 0. The number of aliphatic imine (C=N–C) groups is 1. The van der Waals surface area contributed by atoms with Crippen LogP contribution in [0.4, 0.5) is 0 Å². The Balaban J connectivity index is 4.47. The maximum Gasteiger partial charge on any atom is 0.111 e. The first-order valence-electron chi connectivity index (χ1n) is 7.35. The molecule has 0 aromatic rings. The predicted molar refractivity (Wildman–Crippen MR) is 113 cm³/mol. The van der Waals surface area contributed by atoms with E-state index in [0.29, 0.717) is 0 Å². The van der Waals surface area contributed by atoms with Crippen molar-refractivity contribution in [2.24, 2.45) is 4.99 Å². The van der Waals surface area contributed by atoms with Crippen LogP contribution in [0.3, 0.4) is 0 Å². The lowest BCUT2D eigenvalue weighted by atomic mass is 10.4. The van der Waals surface area contributed by atoms with E-state index in [-0.39, 0.29) is 0 Å². The topological polar surface area (TPSA) is 15.6 Å². The van der Waals surface area contributed by atoms with Crippen LogP contribution in [-0.4, -0.2) is 24.8 Å². The smallest absolute Gasteiger partial charge is 0.111 e. The predicted octanol–water partition coefficient (Wildman–Crippen LogP) is 0.591. The average Bonchev–Trinajstić information content (AvgIpc) is 2.68. The van der Waals surface area contributed by atoms with Crippen LogP contribution in [0.25, 0.3) is 0 Å². The molecule has 0 saturated heterocycles. The lowest BCUT2D eigenvalue weighted by Crippen LogP contribution is -2.17. The Hall–Kier alpha value is -5.37. The third-order valence-electron chi connectivity index (χ3n) is 2.12. The number of hydrogen-bond donors (Lipinski definition) is 0. The minimum atomic E-state index is 0.795. The highest BCUT2D eigenvalue weighted by atomic mass is 15.1. The second-order valence-corrected chi connectivity index (χ2v) is 4.18. The molecule has 0 rings (SSSR count). The summed E-state index contributed by atoms with van der Waals surface area (Å²) in [5, 5.41) is 0. The zero-order valence-electron chi connectivity index (χ0n) is 15.5. The second kappa shape index (κ2) is 18.0. The summed E-state index contributed by atoms with van der Waals surface area (Å²) in [7, 11) is 3.76. The Labute approximate surface area is 168 Å². The average molecular weight is 350 g/mol. The lowest BCUT2D eigenvalue weighted by molar-refractivity contribution is 0.619. The van der Waals surface area contributed by atoms with Crippen molar-refractivity contribution in [1.82, 2.24) is 4.90 Å². The maximum atomic E-state index is 4.92. The number of terminal acetylenes is 1. The summed E-state index contributed by atoms with van der Waals surface area (Å²) in [5.41, 5.74) is 0. The van der Waals surface area contributed by atoms with Gasteiger partial charge in [0.25, 0.3) is 0 Å². The normalized spacial score (nSPS) is 5.86. The molecule has 0 unspecified atom stereocenters. The van der Waals surface area contributed by atoms with Crippen molar-refractivity contribution in [3.63, 3.8) is 0 Å². The molecule has 0 spiro atoms. The van der Waals surface area contributed by atoms with Gasteiger partial charge in [-0.1, -0.05) is 0 Å². The van der Waals surface area contributed by atoms with E-state index < -0.39 is 0 Å². The summed E-state index contributed by atoms with van der Waals surface area (Å²) in [6.45, 7) is 1.85. The third-order valence-corrected chi connectivity index (χ3v) is 2.12. The van der Waals surface area contributed by atoms with E-state index in [0.717, 1.165) is 5.84 Å². The molecule has 0 amide bonds. The van der Waals surface area contributed by atoms with Crippen LogP contribution in [0.2, 0.25) is 0 Å². The van der Waals surface area contributed by atoms with E-state index >= 15 is 0 Å². The lowest BCUT2D eigenvalue weighted by Gasteiger charge is -2.07. The van der Waals surface area contributed by atoms with Crippen LogP contribution in [-0.2, 0) is 0 Å². The van der Waals surface area contributed by atoms with Gasteiger partial charge in [-0.2, -0.15) is 4.99 Å². The van der Waals surface area contributed by atoms with Crippen molar-refractivity contribution < 1.29 is 0 Å². The van der Waals surface area contributed by atoms with Gasteiger partial charge in [-0.3, -0.25) is 0 Å². The van der Waals surface area contributed by atoms with E-state index in [1.807, 2.05) is 25.9 Å². The van der Waals surface area contributed by atoms with Crippen LogP contribution in [0.1, 0.15) is 6.92 Å². The molecule has 0 aliphatic rings. The fourth-order valence-electron chi connectivity index (χ4n) is 0.804. The van der Waals surface area contributed by atoms with Crippen molar-refractivity contribution in [3.8, 4) is 131 Å². The first-order chi connectivity index (χ1) is 13.7. The van der Waals surface area contributed by atoms with Gasteiger partial charge in [0.05, 0.1) is 0 Å². The molecule has 0 atom stereocenters. The van der Waals surface area contributed by atoms with Gasteiger partial charge in [0.1, 0.15) is 5.84 Å². The fourth-order valence-corrected chi connectivity index (χ4v) is 0.804. The Kier molecular flexibility index (Phi) is 14.5. The molecular weight excluding hydrogens is 340 g/mol. The minimum Gasteiger partial charge on any atom is -0.366 e. The van der Waals surface area contributed by atoms with Crippen molar-refractivity contribution in [1.29, 1.82) is 0 Å². The SMILES string of the molecule is C#CC#CC#CC#CC#CC#CC#CC#CC#CC#CC#C/N=C(\C)N(C)C. The Bertz CT molecular complexity index is 1290. The van der Waals surface area contributed by atoms with Gasteiger partial charge >= 0.3 is 0 Å². The van der Waals surface area contributed by atoms with Gasteiger partial charge in [0.2, 0.25) is 0 Å². The van der Waals surface area contributed by atoms with Crippen LogP contribution in [0.5, 0.6) is 0 Å². The number of amidine groups is 1. The van der Waals surface area contributed by atoms with Crippen molar-refractivity contribution in [3.05, 3.63) is 0 Å². The third kappa shape index (κ3) is 17.0. The van der Waals surface area contributed by atoms with Crippen LogP contribution >= 0.6 is 0 Å². The van der Waals surface area contributed by atoms with E-state index in [1.54, 1.807) is 0 Å². The van der Waals surface area contributed by atoms with Gasteiger partial charge in [0, 0.05) is 91.2 Å². The summed E-state index contributed by atoms with van der Waals surface area (Å²) in [6, 6.07) is 2.57. The Morgan fingerprint density at radius 1 is 0.536 bits per heavy atom. The summed E-state index contributed by atoms with van der Waals surface area (Å²) in [4.78, 5) is 5.83. The Morgan fingerprint density at radius 2 is 0.821 bits per heavy atom. The molecule has 0 radical (unpaired) electrons. The number of rotatable bonds is 0. The summed E-state index contributed by atoms with van der Waals surface area (Å²) in [5.74, 6) is 50.2. The molecule has 0 aromatic carbocycles. The first kappa shape index (κ1) is 22.6. The monoisotopic (exact) mass is 350 g/mol. The van der Waals surface area contributed by atoms with Gasteiger partial charge < -0.3 is 4.90 Å². The number of nitrogens with zero attached hydrogens (tertiary/aromatic N) is 2. The molecule has 0 bridgehead atoms. The highest BCUT2D eigenvalue weighted by Gasteiger charge is 1.87. The van der Waals surface area contributed by atoms with E-state index in [1.165, 1.54) is 0 Å². The number of hydrogen-bond acceptors (Lipinski definition) is 1. The zero-order valence-corrected chi connectivity index (χ0v) is 15.5. The van der Waals surface area contributed by atoms with Crippen molar-refractivity contribution in [2.45, 2.75) is 6.92 Å². The van der Waals surface area contributed by atoms with Gasteiger partial charge in [-0.25, -0.2) is 0 Å². The maximum absolute atomic E-state index is 4.92. The largest absolute Gasteiger partial charge is 0.366 e. The summed E-state index contributed by atoms with van der Waals surface area (Å²) in [6.07, 6.45) is 4.92. The molecular formula is C26H10N2. The molecule has 2 heteroatoms. The van der Waals surface area contributed by atoms with E-state index in [9.17, 15) is 0 Å². The molecule has 0 aliphatic carbocycles. The van der Waals surface area contributed by atoms with E-state index in [2.05, 4.69) is 129 Å². The fraction of sp³-hybridized carbons (Fsp3) is 0.115. The van der Waals surface area contributed by atoms with E-state index in [4.69, 9.17) is 6.42 Å². The van der Waals surface area contributed by atoms with Gasteiger partial charge in [0.15, 0.2) is 0 Å². The quantitative estimate of drug-likeness (QED) is 0.355. The zero-order chi connectivity index (χ0) is 20.7. The molecule has 0 aromatic heterocycles. The van der Waals surface area contributed by atoms with Crippen LogP contribution in [0.15, 0.2) is 4.99 Å². The molecule has 0 heterocycles. The van der Waals surface area contributed by atoms with Crippen LogP contribution in [0, 0.1) is 131 Å². The van der Waals surface area contributed by atoms with Gasteiger partial charge in [-0.05, 0) is 54.3 Å². The van der Waals surface area contributed by atoms with Gasteiger partial charge in [-0.15, -0.1) is 6.42 Å². The summed E-state index contributed by atoms with van der Waals surface area (Å²) < 4.78 is 0. The first-order valence-corrected chi connectivity index (χ1v) is 7.35. The standard InChI is InChI=1S/C26H10N2/c1-5-6-7-8-9-10-11-12-13-14-15-16-17-18-19-20-21-22-23-24-25-27-26(2)28(3)4/h1H,2-4H3/b27-26+. The molecule has 0 fully saturated rings.